The van der Waals surface area contributed by atoms with Gasteiger partial charge in [0.15, 0.2) is 0 Å². The minimum atomic E-state index is -4.10. The van der Waals surface area contributed by atoms with Crippen LogP contribution in [0.2, 0.25) is 0 Å². The first-order valence-corrected chi connectivity index (χ1v) is 10.1. The predicted molar refractivity (Wildman–Crippen MR) is 103 cm³/mol. The number of phenolic OH excluding ortho intramolecular Hbond substituents is 1. The Labute approximate surface area is 160 Å². The molecule has 0 aromatic heterocycles. The maximum Gasteiger partial charge on any atom is 0.287 e. The van der Waals surface area contributed by atoms with Crippen LogP contribution in [-0.4, -0.2) is 50.6 Å². The van der Waals surface area contributed by atoms with Gasteiger partial charge in [0, 0.05) is 26.2 Å². The molecule has 9 heteroatoms. The summed E-state index contributed by atoms with van der Waals surface area (Å²) < 4.78 is 28.7. The second-order valence-electron chi connectivity index (χ2n) is 6.79. The number of phenols is 1. The van der Waals surface area contributed by atoms with Crippen molar-refractivity contribution < 1.29 is 18.3 Å². The minimum absolute atomic E-state index is 0.0368. The summed E-state index contributed by atoms with van der Waals surface area (Å²) in [6.45, 7) is 5.89. The molecule has 1 aromatic rings. The number of nitrogens with one attached hydrogen (secondary N) is 1. The number of halogens is 1. The number of hydrogen-bond acceptors (Lipinski definition) is 4. The van der Waals surface area contributed by atoms with Crippen molar-refractivity contribution in [3.05, 3.63) is 23.3 Å². The predicted octanol–water partition coefficient (Wildman–Crippen LogP) is 2.21. The van der Waals surface area contributed by atoms with E-state index in [4.69, 9.17) is 11.6 Å². The first-order valence-electron chi connectivity index (χ1n) is 8.10. The summed E-state index contributed by atoms with van der Waals surface area (Å²) in [4.78, 5) is 12.6. The maximum absolute atomic E-state index is 12.6. The third-order valence-corrected chi connectivity index (χ3v) is 5.59. The fourth-order valence-electron chi connectivity index (χ4n) is 2.05. The molecule has 26 heavy (non-hydrogen) atoms. The maximum atomic E-state index is 12.6. The van der Waals surface area contributed by atoms with Gasteiger partial charge in [-0.15, -0.1) is 16.0 Å². The van der Waals surface area contributed by atoms with E-state index >= 15 is 0 Å². The average Bonchev–Trinajstić information content (AvgIpc) is 2.58. The van der Waals surface area contributed by atoms with Crippen molar-refractivity contribution in [2.45, 2.75) is 44.0 Å². The standard InChI is InChI=1S/C17H26ClN3O4S/c1-6-17(2,3)13-7-12(10-19-15(22)9-18)16(23)14(8-13)26(24,25)20-11-21(4)5/h7-8,11,23H,6,9-10H2,1-5H3,(H,19,22)/b20-11+. The van der Waals surface area contributed by atoms with Crippen molar-refractivity contribution in [2.75, 3.05) is 20.0 Å². The molecule has 0 atom stereocenters. The van der Waals surface area contributed by atoms with Crippen LogP contribution in [0.25, 0.3) is 0 Å². The van der Waals surface area contributed by atoms with Gasteiger partial charge in [-0.2, -0.15) is 8.42 Å². The van der Waals surface area contributed by atoms with Crippen LogP contribution in [0, 0.1) is 0 Å². The SMILES string of the molecule is CCC(C)(C)c1cc(CNC(=O)CCl)c(O)c(S(=O)(=O)/N=C/N(C)C)c1. The lowest BCUT2D eigenvalue weighted by molar-refractivity contribution is -0.118. The molecule has 0 saturated carbocycles. The number of aromatic hydroxyl groups is 1. The quantitative estimate of drug-likeness (QED) is 0.394. The molecule has 1 rings (SSSR count). The number of sulfonamides is 1. The first kappa shape index (κ1) is 22.2. The molecular formula is C17H26ClN3O4S. The van der Waals surface area contributed by atoms with Crippen LogP contribution in [0.3, 0.4) is 0 Å². The number of rotatable bonds is 8. The molecule has 0 fully saturated rings. The zero-order chi connectivity index (χ0) is 20.1. The average molecular weight is 404 g/mol. The van der Waals surface area contributed by atoms with Crippen LogP contribution < -0.4 is 5.32 Å². The molecule has 1 amide bonds. The molecule has 0 saturated heterocycles. The van der Waals surface area contributed by atoms with Gasteiger partial charge in [-0.05, 0) is 29.5 Å². The van der Waals surface area contributed by atoms with Crippen LogP contribution in [-0.2, 0) is 26.8 Å². The topological polar surface area (TPSA) is 99.1 Å². The largest absolute Gasteiger partial charge is 0.506 e. The van der Waals surface area contributed by atoms with Crippen LogP contribution in [0.15, 0.2) is 21.4 Å². The van der Waals surface area contributed by atoms with Gasteiger partial charge in [0.2, 0.25) is 5.91 Å². The highest BCUT2D eigenvalue weighted by molar-refractivity contribution is 7.90. The molecule has 1 aromatic carbocycles. The first-order chi connectivity index (χ1) is 11.9. The number of carbonyl (C=O) groups is 1. The lowest BCUT2D eigenvalue weighted by Gasteiger charge is -2.25. The Morgan fingerprint density at radius 3 is 2.50 bits per heavy atom. The van der Waals surface area contributed by atoms with E-state index in [-0.39, 0.29) is 22.7 Å². The van der Waals surface area contributed by atoms with Gasteiger partial charge in [0.1, 0.15) is 22.9 Å². The lowest BCUT2D eigenvalue weighted by Crippen LogP contribution is -2.24. The molecule has 2 N–H and O–H groups in total. The third kappa shape index (κ3) is 5.60. The Morgan fingerprint density at radius 2 is 2.00 bits per heavy atom. The van der Waals surface area contributed by atoms with E-state index in [0.717, 1.165) is 18.3 Å². The zero-order valence-electron chi connectivity index (χ0n) is 15.7. The lowest BCUT2D eigenvalue weighted by atomic mass is 9.81. The molecule has 0 aliphatic heterocycles. The van der Waals surface area contributed by atoms with Crippen LogP contribution in [0.5, 0.6) is 5.75 Å². The molecule has 0 radical (unpaired) electrons. The summed E-state index contributed by atoms with van der Waals surface area (Å²) in [5.74, 6) is -1.06. The zero-order valence-corrected chi connectivity index (χ0v) is 17.3. The Bertz CT molecular complexity index is 789. The van der Waals surface area contributed by atoms with Crippen LogP contribution in [0.1, 0.15) is 38.3 Å². The van der Waals surface area contributed by atoms with Gasteiger partial charge in [-0.1, -0.05) is 20.8 Å². The Hall–Kier alpha value is -1.80. The van der Waals surface area contributed by atoms with Crippen LogP contribution in [0.4, 0.5) is 0 Å². The molecule has 0 bridgehead atoms. The number of alkyl halides is 1. The van der Waals surface area contributed by atoms with E-state index in [2.05, 4.69) is 9.71 Å². The minimum Gasteiger partial charge on any atom is -0.506 e. The van der Waals surface area contributed by atoms with Gasteiger partial charge in [0.25, 0.3) is 10.0 Å². The molecular weight excluding hydrogens is 378 g/mol. The number of hydrogen-bond donors (Lipinski definition) is 2. The summed E-state index contributed by atoms with van der Waals surface area (Å²) in [6.07, 6.45) is 1.91. The highest BCUT2D eigenvalue weighted by Gasteiger charge is 2.26. The van der Waals surface area contributed by atoms with Crippen molar-refractivity contribution in [3.8, 4) is 5.75 Å². The van der Waals surface area contributed by atoms with Crippen molar-refractivity contribution in [1.82, 2.24) is 10.2 Å². The monoisotopic (exact) mass is 403 g/mol. The summed E-state index contributed by atoms with van der Waals surface area (Å²) in [5.41, 5.74) is 0.696. The van der Waals surface area contributed by atoms with Crippen molar-refractivity contribution in [3.63, 3.8) is 0 Å². The summed E-state index contributed by atoms with van der Waals surface area (Å²) >= 11 is 5.46. The highest BCUT2D eigenvalue weighted by atomic mass is 35.5. The van der Waals surface area contributed by atoms with Gasteiger partial charge in [0.05, 0.1) is 0 Å². The molecule has 0 heterocycles. The number of nitrogens with zero attached hydrogens (tertiary/aromatic N) is 2. The highest BCUT2D eigenvalue weighted by Crippen LogP contribution is 2.36. The summed E-state index contributed by atoms with van der Waals surface area (Å²) in [5, 5.41) is 13.0. The summed E-state index contributed by atoms with van der Waals surface area (Å²) in [6, 6.07) is 3.13. The second kappa shape index (κ2) is 8.73. The third-order valence-electron chi connectivity index (χ3n) is 4.11. The normalized spacial score (nSPS) is 12.4. The van der Waals surface area contributed by atoms with E-state index in [9.17, 15) is 18.3 Å². The molecule has 146 valence electrons. The smallest absolute Gasteiger partial charge is 0.287 e. The van der Waals surface area contributed by atoms with Gasteiger partial charge in [-0.3, -0.25) is 4.79 Å². The number of benzene rings is 1. The fraction of sp³-hybridized carbons (Fsp3) is 0.529. The number of carbonyl (C=O) groups excluding carboxylic acids is 1. The molecule has 0 spiro atoms. The molecule has 0 unspecified atom stereocenters. The Morgan fingerprint density at radius 1 is 1.38 bits per heavy atom. The second-order valence-corrected chi connectivity index (χ2v) is 8.66. The molecule has 7 nitrogen and oxygen atoms in total. The van der Waals surface area contributed by atoms with Crippen molar-refractivity contribution in [1.29, 1.82) is 0 Å². The fourth-order valence-corrected chi connectivity index (χ4v) is 3.22. The Balaban J connectivity index is 3.53. The van der Waals surface area contributed by atoms with E-state index in [1.807, 2.05) is 20.8 Å². The summed E-state index contributed by atoms with van der Waals surface area (Å²) in [7, 11) is -0.822. The van der Waals surface area contributed by atoms with E-state index in [0.29, 0.717) is 5.56 Å². The van der Waals surface area contributed by atoms with Crippen molar-refractivity contribution >= 4 is 33.9 Å². The van der Waals surface area contributed by atoms with E-state index in [1.165, 1.54) is 11.0 Å². The van der Waals surface area contributed by atoms with Gasteiger partial charge < -0.3 is 15.3 Å². The van der Waals surface area contributed by atoms with E-state index < -0.39 is 21.7 Å². The molecule has 0 aliphatic rings. The van der Waals surface area contributed by atoms with Crippen molar-refractivity contribution in [2.24, 2.45) is 4.40 Å². The van der Waals surface area contributed by atoms with Gasteiger partial charge in [-0.25, -0.2) is 0 Å². The Kier molecular flexibility index (Phi) is 7.46. The molecule has 0 aliphatic carbocycles. The van der Waals surface area contributed by atoms with Crippen LogP contribution >= 0.6 is 11.6 Å². The van der Waals surface area contributed by atoms with E-state index in [1.54, 1.807) is 20.2 Å². The number of amides is 1. The van der Waals surface area contributed by atoms with Gasteiger partial charge >= 0.3 is 0 Å².